The first-order valence-electron chi connectivity index (χ1n) is 5.38. The van der Waals surface area contributed by atoms with Crippen molar-refractivity contribution in [1.82, 2.24) is 4.98 Å². The number of rotatable bonds is 2. The van der Waals surface area contributed by atoms with Crippen LogP contribution in [0.25, 0.3) is 10.2 Å². The van der Waals surface area contributed by atoms with E-state index in [4.69, 9.17) is 12.6 Å². The van der Waals surface area contributed by atoms with Crippen molar-refractivity contribution in [3.05, 3.63) is 22.2 Å². The number of carbonyl (C=O) groups excluding carboxylic acids is 1. The summed E-state index contributed by atoms with van der Waals surface area (Å²) in [5.74, 6) is -0.372. The molecule has 0 saturated carbocycles. The largest absolute Gasteiger partial charge is 0.462 e. The standard InChI is InChI=1S/C12H12BNO2S/c1-4-16-12(15)10-9(13)8-5-6(2)7(3)14-11(8)17-10/h5H,4H2,1-3H3. The van der Waals surface area contributed by atoms with Crippen LogP contribution < -0.4 is 5.46 Å². The van der Waals surface area contributed by atoms with Crippen LogP contribution in [-0.4, -0.2) is 25.4 Å². The molecular weight excluding hydrogens is 233 g/mol. The summed E-state index contributed by atoms with van der Waals surface area (Å²) < 4.78 is 4.96. The molecule has 0 aliphatic heterocycles. The van der Waals surface area contributed by atoms with Crippen LogP contribution in [0, 0.1) is 13.8 Å². The molecule has 0 saturated heterocycles. The van der Waals surface area contributed by atoms with E-state index >= 15 is 0 Å². The number of aromatic nitrogens is 1. The predicted molar refractivity (Wildman–Crippen MR) is 70.4 cm³/mol. The molecule has 17 heavy (non-hydrogen) atoms. The summed E-state index contributed by atoms with van der Waals surface area (Å²) >= 11 is 1.28. The fraction of sp³-hybridized carbons (Fsp3) is 0.333. The van der Waals surface area contributed by atoms with E-state index < -0.39 is 0 Å². The number of aryl methyl sites for hydroxylation is 2. The van der Waals surface area contributed by atoms with Crippen LogP contribution >= 0.6 is 11.3 Å². The molecule has 0 spiro atoms. The van der Waals surface area contributed by atoms with E-state index in [2.05, 4.69) is 4.98 Å². The van der Waals surface area contributed by atoms with Gasteiger partial charge in [-0.15, -0.1) is 11.3 Å². The van der Waals surface area contributed by atoms with Crippen molar-refractivity contribution in [3.63, 3.8) is 0 Å². The summed E-state index contributed by atoms with van der Waals surface area (Å²) in [7, 11) is 5.96. The number of carbonyl (C=O) groups is 1. The minimum Gasteiger partial charge on any atom is -0.462 e. The highest BCUT2D eigenvalue weighted by Gasteiger charge is 2.17. The minimum absolute atomic E-state index is 0.345. The van der Waals surface area contributed by atoms with Gasteiger partial charge in [0.15, 0.2) is 0 Å². The van der Waals surface area contributed by atoms with Crippen LogP contribution in [-0.2, 0) is 4.74 Å². The van der Waals surface area contributed by atoms with E-state index in [0.717, 1.165) is 21.5 Å². The Balaban J connectivity index is 2.60. The number of esters is 1. The van der Waals surface area contributed by atoms with Gasteiger partial charge in [0.2, 0.25) is 0 Å². The van der Waals surface area contributed by atoms with Crippen LogP contribution in [0.2, 0.25) is 0 Å². The van der Waals surface area contributed by atoms with Crippen molar-refractivity contribution >= 4 is 40.8 Å². The summed E-state index contributed by atoms with van der Waals surface area (Å²) in [5, 5.41) is 0.834. The van der Waals surface area contributed by atoms with Crippen molar-refractivity contribution in [3.8, 4) is 0 Å². The van der Waals surface area contributed by atoms with Gasteiger partial charge in [-0.3, -0.25) is 0 Å². The predicted octanol–water partition coefficient (Wildman–Crippen LogP) is 1.88. The molecule has 0 bridgehead atoms. The Kier molecular flexibility index (Phi) is 3.20. The summed E-state index contributed by atoms with van der Waals surface area (Å²) in [6.07, 6.45) is 0. The van der Waals surface area contributed by atoms with Gasteiger partial charge in [0.25, 0.3) is 0 Å². The summed E-state index contributed by atoms with van der Waals surface area (Å²) in [5.41, 5.74) is 2.49. The average Bonchev–Trinajstić information content (AvgIpc) is 2.58. The van der Waals surface area contributed by atoms with Crippen molar-refractivity contribution in [2.45, 2.75) is 20.8 Å². The van der Waals surface area contributed by atoms with Crippen LogP contribution in [0.4, 0.5) is 0 Å². The van der Waals surface area contributed by atoms with E-state index in [0.29, 0.717) is 16.9 Å². The van der Waals surface area contributed by atoms with E-state index in [1.165, 1.54) is 11.3 Å². The first-order valence-corrected chi connectivity index (χ1v) is 6.19. The van der Waals surface area contributed by atoms with Crippen LogP contribution in [0.1, 0.15) is 27.9 Å². The fourth-order valence-electron chi connectivity index (χ4n) is 1.58. The number of hydrogen-bond acceptors (Lipinski definition) is 4. The van der Waals surface area contributed by atoms with Gasteiger partial charge in [-0.1, -0.05) is 5.46 Å². The summed E-state index contributed by atoms with van der Waals surface area (Å²) in [6.45, 7) is 6.03. The maximum atomic E-state index is 11.7. The van der Waals surface area contributed by atoms with Crippen molar-refractivity contribution < 1.29 is 9.53 Å². The summed E-state index contributed by atoms with van der Waals surface area (Å²) in [6, 6.07) is 1.96. The molecule has 2 heterocycles. The zero-order chi connectivity index (χ0) is 12.6. The van der Waals surface area contributed by atoms with Crippen LogP contribution in [0.5, 0.6) is 0 Å². The van der Waals surface area contributed by atoms with Crippen molar-refractivity contribution in [2.75, 3.05) is 6.61 Å². The van der Waals surface area contributed by atoms with Crippen LogP contribution in [0.3, 0.4) is 0 Å². The molecule has 2 aromatic rings. The van der Waals surface area contributed by atoms with E-state index in [-0.39, 0.29) is 5.97 Å². The third kappa shape index (κ3) is 2.07. The maximum absolute atomic E-state index is 11.7. The second kappa shape index (κ2) is 4.49. The first kappa shape index (κ1) is 12.1. The number of pyridine rings is 1. The number of fused-ring (bicyclic) bond motifs is 1. The molecule has 3 nitrogen and oxygen atoms in total. The molecule has 0 fully saturated rings. The molecule has 86 valence electrons. The first-order chi connectivity index (χ1) is 8.04. The zero-order valence-electron chi connectivity index (χ0n) is 10.0. The topological polar surface area (TPSA) is 39.2 Å². The molecule has 2 rings (SSSR count). The molecule has 2 aromatic heterocycles. The second-order valence-corrected chi connectivity index (χ2v) is 4.81. The van der Waals surface area contributed by atoms with Crippen molar-refractivity contribution in [1.29, 1.82) is 0 Å². The molecule has 5 heteroatoms. The average molecular weight is 245 g/mol. The Labute approximate surface area is 105 Å². The smallest absolute Gasteiger partial charge is 0.347 e. The Morgan fingerprint density at radius 1 is 1.53 bits per heavy atom. The van der Waals surface area contributed by atoms with E-state index in [9.17, 15) is 4.79 Å². The number of thiophene rings is 1. The SMILES string of the molecule is [B]c1c(C(=O)OCC)sc2nc(C)c(C)cc12. The van der Waals surface area contributed by atoms with E-state index in [1.807, 2.05) is 19.9 Å². The van der Waals surface area contributed by atoms with Gasteiger partial charge < -0.3 is 4.74 Å². The highest BCUT2D eigenvalue weighted by molar-refractivity contribution is 7.21. The minimum atomic E-state index is -0.372. The van der Waals surface area contributed by atoms with Gasteiger partial charge in [-0.05, 0) is 32.4 Å². The van der Waals surface area contributed by atoms with E-state index in [1.54, 1.807) is 6.92 Å². The molecular formula is C12H12BNO2S. The van der Waals surface area contributed by atoms with Gasteiger partial charge in [0, 0.05) is 11.1 Å². The highest BCUT2D eigenvalue weighted by Crippen LogP contribution is 2.23. The molecule has 0 aliphatic rings. The third-order valence-corrected chi connectivity index (χ3v) is 3.72. The molecule has 0 aliphatic carbocycles. The monoisotopic (exact) mass is 245 g/mol. The molecule has 0 amide bonds. The Hall–Kier alpha value is -1.36. The van der Waals surface area contributed by atoms with Crippen LogP contribution in [0.15, 0.2) is 6.07 Å². The molecule has 0 aromatic carbocycles. The number of nitrogens with zero attached hydrogens (tertiary/aromatic N) is 1. The summed E-state index contributed by atoms with van der Waals surface area (Å²) in [4.78, 5) is 17.3. The van der Waals surface area contributed by atoms with Gasteiger partial charge in [-0.2, -0.15) is 0 Å². The molecule has 0 unspecified atom stereocenters. The van der Waals surface area contributed by atoms with Gasteiger partial charge in [-0.25, -0.2) is 9.78 Å². The third-order valence-electron chi connectivity index (χ3n) is 2.63. The number of ether oxygens (including phenoxy) is 1. The fourth-order valence-corrected chi connectivity index (χ4v) is 2.59. The van der Waals surface area contributed by atoms with Gasteiger partial charge >= 0.3 is 5.97 Å². The van der Waals surface area contributed by atoms with Gasteiger partial charge in [0.05, 0.1) is 6.61 Å². The lowest BCUT2D eigenvalue weighted by atomic mass is 9.92. The molecule has 0 atom stereocenters. The lowest BCUT2D eigenvalue weighted by molar-refractivity contribution is 0.0533. The second-order valence-electron chi connectivity index (χ2n) is 3.81. The van der Waals surface area contributed by atoms with Gasteiger partial charge in [0.1, 0.15) is 17.6 Å². The maximum Gasteiger partial charge on any atom is 0.347 e. The normalized spacial score (nSPS) is 10.8. The zero-order valence-corrected chi connectivity index (χ0v) is 10.9. The van der Waals surface area contributed by atoms with Crippen molar-refractivity contribution in [2.24, 2.45) is 0 Å². The Morgan fingerprint density at radius 3 is 2.88 bits per heavy atom. The lowest BCUT2D eigenvalue weighted by Gasteiger charge is -2.00. The Morgan fingerprint density at radius 2 is 2.24 bits per heavy atom. The quantitative estimate of drug-likeness (QED) is 0.599. The Bertz CT molecular complexity index is 592. The lowest BCUT2D eigenvalue weighted by Crippen LogP contribution is -2.14. The molecule has 0 N–H and O–H groups in total. The number of hydrogen-bond donors (Lipinski definition) is 0. The molecule has 2 radical (unpaired) electrons. The highest BCUT2D eigenvalue weighted by atomic mass is 32.1.